The molecule has 20 heavy (non-hydrogen) atoms. The van der Waals surface area contributed by atoms with Gasteiger partial charge in [-0.2, -0.15) is 8.78 Å². The molecule has 0 heterocycles. The van der Waals surface area contributed by atoms with Crippen molar-refractivity contribution in [3.63, 3.8) is 0 Å². The Morgan fingerprint density at radius 1 is 1.25 bits per heavy atom. The summed E-state index contributed by atoms with van der Waals surface area (Å²) in [5.74, 6) is -3.43. The summed E-state index contributed by atoms with van der Waals surface area (Å²) in [6.45, 7) is 1.18. The lowest BCUT2D eigenvalue weighted by Crippen LogP contribution is -2.30. The highest BCUT2D eigenvalue weighted by atomic mass is 32.2. The van der Waals surface area contributed by atoms with Gasteiger partial charge in [-0.3, -0.25) is 0 Å². The van der Waals surface area contributed by atoms with Gasteiger partial charge in [0.05, 0.1) is 18.1 Å². The Morgan fingerprint density at radius 2 is 1.85 bits per heavy atom. The maximum atomic E-state index is 12.4. The average Bonchev–Trinajstić information content (AvgIpc) is 2.43. The Labute approximate surface area is 116 Å². The third-order valence-corrected chi connectivity index (χ3v) is 4.10. The zero-order valence-electron chi connectivity index (χ0n) is 11.0. The number of aliphatic hydroxyl groups is 1. The van der Waals surface area contributed by atoms with Gasteiger partial charge in [-0.25, -0.2) is 8.42 Å². The van der Waals surface area contributed by atoms with E-state index >= 15 is 0 Å². The minimum absolute atomic E-state index is 0.0825. The summed E-state index contributed by atoms with van der Waals surface area (Å²) >= 11 is 0. The molecule has 0 aliphatic rings. The van der Waals surface area contributed by atoms with Gasteiger partial charge in [-0.15, -0.1) is 0 Å². The van der Waals surface area contributed by atoms with Crippen molar-refractivity contribution in [3.05, 3.63) is 24.3 Å². The van der Waals surface area contributed by atoms with Crippen molar-refractivity contribution in [1.29, 1.82) is 0 Å². The molecule has 0 aliphatic heterocycles. The number of nitrogens with zero attached hydrogens (tertiary/aromatic N) is 1. The smallest absolute Gasteiger partial charge is 0.341 e. The first kappa shape index (κ1) is 16.8. The van der Waals surface area contributed by atoms with Crippen LogP contribution in [-0.2, 0) is 14.6 Å². The molecule has 0 saturated carbocycles. The quantitative estimate of drug-likeness (QED) is 0.780. The molecule has 8 heteroatoms. The first-order valence-electron chi connectivity index (χ1n) is 5.90. The third kappa shape index (κ3) is 4.12. The fraction of sp³-hybridized carbons (Fsp3) is 0.500. The molecule has 0 aliphatic carbocycles. The van der Waals surface area contributed by atoms with Gasteiger partial charge in [0, 0.05) is 25.9 Å². The van der Waals surface area contributed by atoms with Crippen molar-refractivity contribution in [1.82, 2.24) is 0 Å². The Morgan fingerprint density at radius 3 is 2.30 bits per heavy atom. The van der Waals surface area contributed by atoms with Gasteiger partial charge in [0.1, 0.15) is 0 Å². The van der Waals surface area contributed by atoms with Crippen LogP contribution in [0, 0.1) is 0 Å². The van der Waals surface area contributed by atoms with Crippen molar-refractivity contribution < 1.29 is 27.0 Å². The molecule has 0 atom stereocenters. The molecule has 0 bridgehead atoms. The van der Waals surface area contributed by atoms with Gasteiger partial charge in [-0.1, -0.05) is 0 Å². The van der Waals surface area contributed by atoms with E-state index in [-0.39, 0.29) is 6.61 Å². The fourth-order valence-corrected chi connectivity index (χ4v) is 2.36. The molecule has 0 fully saturated rings. The van der Waals surface area contributed by atoms with Crippen LogP contribution in [0.25, 0.3) is 0 Å². The van der Waals surface area contributed by atoms with Crippen LogP contribution < -0.4 is 4.90 Å². The second-order valence-corrected chi connectivity index (χ2v) is 5.92. The van der Waals surface area contributed by atoms with Crippen LogP contribution in [0.1, 0.15) is 0 Å². The minimum Gasteiger partial charge on any atom is -0.395 e. The van der Waals surface area contributed by atoms with E-state index in [1.165, 1.54) is 19.2 Å². The highest BCUT2D eigenvalue weighted by molar-refractivity contribution is 7.91. The van der Waals surface area contributed by atoms with E-state index in [1.54, 1.807) is 4.90 Å². The monoisotopic (exact) mass is 309 g/mol. The number of halogens is 2. The van der Waals surface area contributed by atoms with E-state index in [4.69, 9.17) is 9.84 Å². The van der Waals surface area contributed by atoms with E-state index in [1.807, 2.05) is 0 Å². The van der Waals surface area contributed by atoms with Crippen molar-refractivity contribution >= 4 is 15.5 Å². The summed E-state index contributed by atoms with van der Waals surface area (Å²) in [6.07, 6.45) is 0. The van der Waals surface area contributed by atoms with Gasteiger partial charge in [0.25, 0.3) is 0 Å². The number of hydrogen-bond donors (Lipinski definition) is 1. The maximum absolute atomic E-state index is 12.4. The molecule has 1 aromatic rings. The van der Waals surface area contributed by atoms with Crippen molar-refractivity contribution in [2.75, 3.05) is 38.3 Å². The number of aliphatic hydroxyl groups excluding tert-OH is 1. The van der Waals surface area contributed by atoms with Crippen LogP contribution in [0.5, 0.6) is 0 Å². The maximum Gasteiger partial charge on any atom is 0.341 e. The lowest BCUT2D eigenvalue weighted by molar-refractivity contribution is 0.203. The molecule has 114 valence electrons. The van der Waals surface area contributed by atoms with E-state index in [0.717, 1.165) is 12.1 Å². The molecule has 5 nitrogen and oxygen atoms in total. The van der Waals surface area contributed by atoms with Gasteiger partial charge >= 0.3 is 5.76 Å². The third-order valence-electron chi connectivity index (χ3n) is 2.70. The number of benzene rings is 1. The zero-order valence-corrected chi connectivity index (χ0v) is 11.8. The van der Waals surface area contributed by atoms with Crippen LogP contribution in [0.3, 0.4) is 0 Å². The van der Waals surface area contributed by atoms with Crippen LogP contribution >= 0.6 is 0 Å². The van der Waals surface area contributed by atoms with Gasteiger partial charge in [0.15, 0.2) is 0 Å². The summed E-state index contributed by atoms with van der Waals surface area (Å²) in [6, 6.07) is 5.13. The Bertz CT molecular complexity index is 505. The standard InChI is InChI=1S/C12H17F2NO4S/c1-19-9-7-15(6-8-16)10-2-4-11(5-3-10)20(17,18)12(13)14/h2-5,12,16H,6-9H2,1H3. The molecule has 0 radical (unpaired) electrons. The molecular weight excluding hydrogens is 292 g/mol. The number of alkyl halides is 2. The summed E-state index contributed by atoms with van der Waals surface area (Å²) in [7, 11) is -3.04. The van der Waals surface area contributed by atoms with Gasteiger partial charge < -0.3 is 14.7 Å². The second kappa shape index (κ2) is 7.51. The second-order valence-electron chi connectivity index (χ2n) is 4.00. The molecule has 1 aromatic carbocycles. The van der Waals surface area contributed by atoms with E-state index in [9.17, 15) is 17.2 Å². The number of sulfone groups is 1. The number of rotatable bonds is 8. The Kier molecular flexibility index (Phi) is 6.31. The first-order chi connectivity index (χ1) is 9.43. The molecule has 1 N–H and O–H groups in total. The fourth-order valence-electron chi connectivity index (χ4n) is 1.64. The zero-order chi connectivity index (χ0) is 15.2. The first-order valence-corrected chi connectivity index (χ1v) is 7.45. The Balaban J connectivity index is 2.93. The topological polar surface area (TPSA) is 66.8 Å². The summed E-state index contributed by atoms with van der Waals surface area (Å²) in [5, 5.41) is 8.98. The Hall–Kier alpha value is -1.25. The lowest BCUT2D eigenvalue weighted by Gasteiger charge is -2.23. The number of methoxy groups -OCH3 is 1. The molecule has 0 aromatic heterocycles. The molecule has 1 rings (SSSR count). The largest absolute Gasteiger partial charge is 0.395 e. The van der Waals surface area contributed by atoms with Crippen LogP contribution in [0.15, 0.2) is 29.2 Å². The summed E-state index contributed by atoms with van der Waals surface area (Å²) < 4.78 is 52.3. The predicted molar refractivity (Wildman–Crippen MR) is 70.8 cm³/mol. The number of hydrogen-bond acceptors (Lipinski definition) is 5. The van der Waals surface area contributed by atoms with E-state index in [0.29, 0.717) is 25.4 Å². The minimum atomic E-state index is -4.57. The number of ether oxygens (including phenoxy) is 1. The molecular formula is C12H17F2NO4S. The van der Waals surface area contributed by atoms with Crippen LogP contribution in [-0.4, -0.2) is 52.7 Å². The van der Waals surface area contributed by atoms with E-state index < -0.39 is 20.5 Å². The lowest BCUT2D eigenvalue weighted by atomic mass is 10.3. The van der Waals surface area contributed by atoms with Crippen molar-refractivity contribution in [3.8, 4) is 0 Å². The van der Waals surface area contributed by atoms with Crippen LogP contribution in [0.4, 0.5) is 14.5 Å². The number of anilines is 1. The molecule has 0 amide bonds. The molecule has 0 saturated heterocycles. The molecule has 0 spiro atoms. The van der Waals surface area contributed by atoms with Crippen LogP contribution in [0.2, 0.25) is 0 Å². The molecule has 0 unspecified atom stereocenters. The summed E-state index contributed by atoms with van der Waals surface area (Å²) in [5.41, 5.74) is 0.629. The van der Waals surface area contributed by atoms with Gasteiger partial charge in [-0.05, 0) is 24.3 Å². The van der Waals surface area contributed by atoms with Crippen molar-refractivity contribution in [2.24, 2.45) is 0 Å². The SMILES string of the molecule is COCCN(CCO)c1ccc(S(=O)(=O)C(F)F)cc1. The normalized spacial score (nSPS) is 11.8. The highest BCUT2D eigenvalue weighted by Gasteiger charge is 2.26. The van der Waals surface area contributed by atoms with E-state index in [2.05, 4.69) is 0 Å². The highest BCUT2D eigenvalue weighted by Crippen LogP contribution is 2.22. The average molecular weight is 309 g/mol. The predicted octanol–water partition coefficient (Wildman–Crippen LogP) is 1.13. The van der Waals surface area contributed by atoms with Gasteiger partial charge in [0.2, 0.25) is 9.84 Å². The summed E-state index contributed by atoms with van der Waals surface area (Å²) in [4.78, 5) is 1.34. The van der Waals surface area contributed by atoms with Crippen molar-refractivity contribution in [2.45, 2.75) is 10.7 Å².